The lowest BCUT2D eigenvalue weighted by Crippen LogP contribution is -2.38. The third-order valence-electron chi connectivity index (χ3n) is 2.37. The first-order chi connectivity index (χ1) is 9.77. The van der Waals surface area contributed by atoms with E-state index in [9.17, 15) is 17.6 Å². The predicted octanol–water partition coefficient (Wildman–Crippen LogP) is 0.102. The minimum atomic E-state index is -4.24. The summed E-state index contributed by atoms with van der Waals surface area (Å²) in [6.45, 7) is -0.0224. The lowest BCUT2D eigenvalue weighted by atomic mass is 10.3. The maximum atomic E-state index is 13.7. The van der Waals surface area contributed by atoms with Gasteiger partial charge in [0.15, 0.2) is 5.82 Å². The zero-order valence-electron chi connectivity index (χ0n) is 11.2. The van der Waals surface area contributed by atoms with Crippen molar-refractivity contribution in [3.63, 3.8) is 0 Å². The summed E-state index contributed by atoms with van der Waals surface area (Å²) in [5, 5.41) is 2.38. The zero-order chi connectivity index (χ0) is 16.0. The Morgan fingerprint density at radius 2 is 2.14 bits per heavy atom. The normalized spacial score (nSPS) is 11.4. The van der Waals surface area contributed by atoms with Crippen molar-refractivity contribution in [2.75, 3.05) is 32.5 Å². The highest BCUT2D eigenvalue weighted by Gasteiger charge is 2.22. The van der Waals surface area contributed by atoms with Gasteiger partial charge in [-0.15, -0.1) is 0 Å². The Labute approximate surface area is 126 Å². The topological polar surface area (TPSA) is 111 Å². The maximum absolute atomic E-state index is 13.7. The van der Waals surface area contributed by atoms with E-state index >= 15 is 0 Å². The average Bonchev–Trinajstić information content (AvgIpc) is 2.41. The molecular weight excluding hydrogens is 325 g/mol. The van der Waals surface area contributed by atoms with Crippen LogP contribution in [0.4, 0.5) is 10.1 Å². The van der Waals surface area contributed by atoms with Gasteiger partial charge in [0.25, 0.3) is 0 Å². The lowest BCUT2D eigenvalue weighted by molar-refractivity contribution is -0.120. The third-order valence-corrected chi connectivity index (χ3v) is 3.99. The van der Waals surface area contributed by atoms with Gasteiger partial charge in [0, 0.05) is 18.7 Å². The molecule has 10 heteroatoms. The van der Waals surface area contributed by atoms with Crippen molar-refractivity contribution in [2.24, 2.45) is 0 Å². The summed E-state index contributed by atoms with van der Waals surface area (Å²) in [5.41, 5.74) is 4.91. The molecule has 1 rings (SSSR count). The molecule has 0 unspecified atom stereocenters. The summed E-state index contributed by atoms with van der Waals surface area (Å²) in [6.07, 6.45) is 0. The average molecular weight is 340 g/mol. The molecule has 0 atom stereocenters. The highest BCUT2D eigenvalue weighted by molar-refractivity contribution is 7.89. The molecule has 0 bridgehead atoms. The van der Waals surface area contributed by atoms with Crippen LogP contribution in [0.25, 0.3) is 0 Å². The fourth-order valence-electron chi connectivity index (χ4n) is 1.37. The van der Waals surface area contributed by atoms with Crippen molar-refractivity contribution in [2.45, 2.75) is 4.90 Å². The fraction of sp³-hybridized carbons (Fsp3) is 0.364. The number of methoxy groups -OCH3 is 1. The standard InChI is InChI=1S/C11H15ClFN3O4S/c1-20-3-2-15-10(17)6-16-21(18,19)9-5-7(12)4-8(14)11(9)13/h4-5,16H,2-3,6,14H2,1H3,(H,15,17). The number of benzene rings is 1. The minimum Gasteiger partial charge on any atom is -0.396 e. The van der Waals surface area contributed by atoms with Crippen molar-refractivity contribution in [3.05, 3.63) is 23.0 Å². The van der Waals surface area contributed by atoms with Crippen LogP contribution in [0.5, 0.6) is 0 Å². The molecule has 0 aliphatic carbocycles. The van der Waals surface area contributed by atoms with Gasteiger partial charge < -0.3 is 15.8 Å². The molecule has 118 valence electrons. The van der Waals surface area contributed by atoms with Crippen LogP contribution in [0.3, 0.4) is 0 Å². The Morgan fingerprint density at radius 3 is 2.76 bits per heavy atom. The van der Waals surface area contributed by atoms with Crippen LogP contribution in [0, 0.1) is 5.82 Å². The van der Waals surface area contributed by atoms with E-state index < -0.39 is 38.9 Å². The number of nitrogen functional groups attached to an aromatic ring is 1. The zero-order valence-corrected chi connectivity index (χ0v) is 12.7. The molecule has 21 heavy (non-hydrogen) atoms. The number of anilines is 1. The number of hydrogen-bond acceptors (Lipinski definition) is 5. The van der Waals surface area contributed by atoms with Crippen LogP contribution < -0.4 is 15.8 Å². The molecule has 7 nitrogen and oxygen atoms in total. The summed E-state index contributed by atoms with van der Waals surface area (Å²) in [4.78, 5) is 10.7. The smallest absolute Gasteiger partial charge is 0.244 e. The summed E-state index contributed by atoms with van der Waals surface area (Å²) < 4.78 is 44.3. The molecule has 0 aliphatic rings. The van der Waals surface area contributed by atoms with Crippen molar-refractivity contribution < 1.29 is 22.3 Å². The quantitative estimate of drug-likeness (QED) is 0.482. The molecule has 1 aromatic rings. The molecule has 0 spiro atoms. The Morgan fingerprint density at radius 1 is 1.48 bits per heavy atom. The maximum Gasteiger partial charge on any atom is 0.244 e. The highest BCUT2D eigenvalue weighted by atomic mass is 35.5. The molecule has 0 aliphatic heterocycles. The van der Waals surface area contributed by atoms with Gasteiger partial charge in [-0.1, -0.05) is 11.6 Å². The van der Waals surface area contributed by atoms with Gasteiger partial charge in [-0.05, 0) is 12.1 Å². The summed E-state index contributed by atoms with van der Waals surface area (Å²) in [6, 6.07) is 2.01. The van der Waals surface area contributed by atoms with Crippen LogP contribution in [0.15, 0.2) is 17.0 Å². The molecule has 0 aromatic heterocycles. The van der Waals surface area contributed by atoms with Crippen molar-refractivity contribution in [3.8, 4) is 0 Å². The molecule has 0 fully saturated rings. The number of sulfonamides is 1. The van der Waals surface area contributed by atoms with Crippen molar-refractivity contribution >= 4 is 33.2 Å². The van der Waals surface area contributed by atoms with Crippen LogP contribution in [-0.4, -0.2) is 41.1 Å². The van der Waals surface area contributed by atoms with Crippen LogP contribution in [0.2, 0.25) is 5.02 Å². The summed E-state index contributed by atoms with van der Waals surface area (Å²) in [5.74, 6) is -1.70. The molecule has 0 heterocycles. The number of nitrogens with two attached hydrogens (primary N) is 1. The van der Waals surface area contributed by atoms with Gasteiger partial charge in [-0.2, -0.15) is 0 Å². The Kier molecular flexibility index (Phi) is 6.34. The summed E-state index contributed by atoms with van der Waals surface area (Å²) in [7, 11) is -2.78. The van der Waals surface area contributed by atoms with Gasteiger partial charge in [0.2, 0.25) is 15.9 Å². The van der Waals surface area contributed by atoms with E-state index in [1.54, 1.807) is 0 Å². The van der Waals surface area contributed by atoms with Crippen molar-refractivity contribution in [1.82, 2.24) is 10.0 Å². The van der Waals surface area contributed by atoms with E-state index in [0.717, 1.165) is 12.1 Å². The number of rotatable bonds is 7. The Balaban J connectivity index is 2.77. The van der Waals surface area contributed by atoms with E-state index in [4.69, 9.17) is 22.1 Å². The van der Waals surface area contributed by atoms with Gasteiger partial charge in [0.05, 0.1) is 18.8 Å². The van der Waals surface area contributed by atoms with Gasteiger partial charge in [-0.25, -0.2) is 17.5 Å². The first kappa shape index (κ1) is 17.6. The van der Waals surface area contributed by atoms with Crippen molar-refractivity contribution in [1.29, 1.82) is 0 Å². The number of carbonyl (C=O) groups is 1. The molecule has 0 radical (unpaired) electrons. The first-order valence-corrected chi connectivity index (χ1v) is 7.64. The lowest BCUT2D eigenvalue weighted by Gasteiger charge is -2.10. The highest BCUT2D eigenvalue weighted by Crippen LogP contribution is 2.24. The van der Waals surface area contributed by atoms with Gasteiger partial charge in [0.1, 0.15) is 4.90 Å². The van der Waals surface area contributed by atoms with E-state index in [1.165, 1.54) is 7.11 Å². The molecule has 0 saturated heterocycles. The molecule has 4 N–H and O–H groups in total. The number of ether oxygens (including phenoxy) is 1. The van der Waals surface area contributed by atoms with Crippen LogP contribution >= 0.6 is 11.6 Å². The number of amides is 1. The number of carbonyl (C=O) groups excluding carboxylic acids is 1. The Hall–Kier alpha value is -1.42. The number of halogens is 2. The third kappa shape index (κ3) is 5.12. The SMILES string of the molecule is COCCNC(=O)CNS(=O)(=O)c1cc(Cl)cc(N)c1F. The monoisotopic (exact) mass is 339 g/mol. The molecule has 0 saturated carbocycles. The minimum absolute atomic E-state index is 0.0289. The van der Waals surface area contributed by atoms with Crippen LogP contribution in [0.1, 0.15) is 0 Å². The van der Waals surface area contributed by atoms with E-state index in [0.29, 0.717) is 0 Å². The molecule has 1 aromatic carbocycles. The van der Waals surface area contributed by atoms with Crippen LogP contribution in [-0.2, 0) is 19.6 Å². The second-order valence-corrected chi connectivity index (χ2v) is 6.15. The fourth-order valence-corrected chi connectivity index (χ4v) is 2.78. The van der Waals surface area contributed by atoms with E-state index in [1.807, 2.05) is 4.72 Å². The number of hydrogen-bond donors (Lipinski definition) is 3. The predicted molar refractivity (Wildman–Crippen MR) is 75.9 cm³/mol. The largest absolute Gasteiger partial charge is 0.396 e. The van der Waals surface area contributed by atoms with E-state index in [2.05, 4.69) is 5.32 Å². The van der Waals surface area contributed by atoms with Gasteiger partial charge in [-0.3, -0.25) is 4.79 Å². The second-order valence-electron chi connectivity index (χ2n) is 3.97. The van der Waals surface area contributed by atoms with Gasteiger partial charge >= 0.3 is 0 Å². The second kappa shape index (κ2) is 7.55. The van der Waals surface area contributed by atoms with E-state index in [-0.39, 0.29) is 18.2 Å². The molecule has 1 amide bonds. The summed E-state index contributed by atoms with van der Waals surface area (Å²) >= 11 is 5.64. The molecular formula is C11H15ClFN3O4S. The first-order valence-electron chi connectivity index (χ1n) is 5.77. The Bertz CT molecular complexity index is 624. The number of nitrogens with one attached hydrogen (secondary N) is 2.